The van der Waals surface area contributed by atoms with Crippen molar-refractivity contribution >= 4 is 23.0 Å². The van der Waals surface area contributed by atoms with Gasteiger partial charge >= 0.3 is 0 Å². The van der Waals surface area contributed by atoms with Crippen molar-refractivity contribution in [2.75, 3.05) is 11.2 Å². The summed E-state index contributed by atoms with van der Waals surface area (Å²) >= 11 is 5.61. The van der Waals surface area contributed by atoms with E-state index in [4.69, 9.17) is 23.2 Å². The van der Waals surface area contributed by atoms with Crippen LogP contribution >= 0.6 is 11.6 Å². The van der Waals surface area contributed by atoms with Gasteiger partial charge in [-0.15, -0.1) is 11.6 Å². The summed E-state index contributed by atoms with van der Waals surface area (Å²) in [5.74, 6) is 5.61. The SMILES string of the molecule is NNc1cccc(CCl)c1N. The van der Waals surface area contributed by atoms with E-state index in [1.54, 1.807) is 6.07 Å². The fraction of sp³-hybridized carbons (Fsp3) is 0.143. The van der Waals surface area contributed by atoms with Gasteiger partial charge in [0.15, 0.2) is 0 Å². The maximum atomic E-state index is 5.68. The summed E-state index contributed by atoms with van der Waals surface area (Å²) in [6.07, 6.45) is 0. The zero-order valence-electron chi connectivity index (χ0n) is 5.97. The minimum atomic E-state index is 0.404. The Bertz CT molecular complexity index is 227. The van der Waals surface area contributed by atoms with Crippen LogP contribution in [0.15, 0.2) is 18.2 Å². The lowest BCUT2D eigenvalue weighted by Crippen LogP contribution is -2.09. The molecular weight excluding hydrogens is 162 g/mol. The molecule has 1 aromatic rings. The minimum Gasteiger partial charge on any atom is -0.397 e. The van der Waals surface area contributed by atoms with Gasteiger partial charge in [0.25, 0.3) is 0 Å². The van der Waals surface area contributed by atoms with Crippen LogP contribution in [0.5, 0.6) is 0 Å². The predicted octanol–water partition coefficient (Wildman–Crippen LogP) is 1.29. The van der Waals surface area contributed by atoms with Crippen LogP contribution in [0.25, 0.3) is 0 Å². The normalized spacial score (nSPS) is 9.64. The lowest BCUT2D eigenvalue weighted by atomic mass is 10.2. The average Bonchev–Trinajstić information content (AvgIpc) is 2.05. The third kappa shape index (κ3) is 1.56. The molecule has 0 aliphatic rings. The number of nitrogen functional groups attached to an aromatic ring is 2. The number of para-hydroxylation sites is 1. The van der Waals surface area contributed by atoms with E-state index < -0.39 is 0 Å². The quantitative estimate of drug-likeness (QED) is 0.272. The maximum absolute atomic E-state index is 5.68. The summed E-state index contributed by atoms with van der Waals surface area (Å²) in [4.78, 5) is 0. The molecule has 60 valence electrons. The highest BCUT2D eigenvalue weighted by Gasteiger charge is 2.00. The first kappa shape index (κ1) is 8.17. The van der Waals surface area contributed by atoms with E-state index in [9.17, 15) is 0 Å². The molecule has 11 heavy (non-hydrogen) atoms. The second-order valence-electron chi connectivity index (χ2n) is 2.16. The number of benzene rings is 1. The largest absolute Gasteiger partial charge is 0.397 e. The molecule has 0 saturated carbocycles. The molecule has 0 unspecified atom stereocenters. The van der Waals surface area contributed by atoms with E-state index in [1.807, 2.05) is 12.1 Å². The molecule has 0 aliphatic heterocycles. The molecule has 0 aliphatic carbocycles. The number of nitrogens with one attached hydrogen (secondary N) is 1. The molecule has 0 saturated heterocycles. The molecular formula is C7H10ClN3. The van der Waals surface area contributed by atoms with Gasteiger partial charge in [-0.1, -0.05) is 12.1 Å². The number of hydrazine groups is 1. The Hall–Kier alpha value is -0.930. The Morgan fingerprint density at radius 1 is 1.45 bits per heavy atom. The van der Waals surface area contributed by atoms with Gasteiger partial charge < -0.3 is 11.2 Å². The van der Waals surface area contributed by atoms with E-state index in [1.165, 1.54) is 0 Å². The van der Waals surface area contributed by atoms with Crippen LogP contribution in [0.1, 0.15) is 5.56 Å². The third-order valence-corrected chi connectivity index (χ3v) is 1.78. The Morgan fingerprint density at radius 2 is 2.18 bits per heavy atom. The van der Waals surface area contributed by atoms with Crippen LogP contribution in [0.2, 0.25) is 0 Å². The standard InChI is InChI=1S/C7H10ClN3/c8-4-5-2-1-3-6(11-10)7(5)9/h1-3,11H,4,9-10H2. The highest BCUT2D eigenvalue weighted by Crippen LogP contribution is 2.22. The molecule has 1 rings (SSSR count). The van der Waals surface area contributed by atoms with Gasteiger partial charge in [0, 0.05) is 5.88 Å². The Balaban J connectivity index is 3.10. The van der Waals surface area contributed by atoms with Crippen molar-refractivity contribution < 1.29 is 0 Å². The molecule has 0 fully saturated rings. The first-order valence-electron chi connectivity index (χ1n) is 3.19. The number of halogens is 1. The highest BCUT2D eigenvalue weighted by molar-refractivity contribution is 6.17. The average molecular weight is 172 g/mol. The zero-order valence-corrected chi connectivity index (χ0v) is 6.73. The van der Waals surface area contributed by atoms with Crippen molar-refractivity contribution in [2.45, 2.75) is 5.88 Å². The molecule has 0 aromatic heterocycles. The lowest BCUT2D eigenvalue weighted by Gasteiger charge is -2.07. The summed E-state index contributed by atoms with van der Waals surface area (Å²) in [6.45, 7) is 0. The van der Waals surface area contributed by atoms with E-state index >= 15 is 0 Å². The molecule has 5 N–H and O–H groups in total. The number of hydrogen-bond acceptors (Lipinski definition) is 3. The van der Waals surface area contributed by atoms with Gasteiger partial charge in [-0.3, -0.25) is 5.84 Å². The Kier molecular flexibility index (Phi) is 2.57. The fourth-order valence-electron chi connectivity index (χ4n) is 0.855. The van der Waals surface area contributed by atoms with Gasteiger partial charge in [-0.2, -0.15) is 0 Å². The molecule has 0 heterocycles. The molecule has 0 amide bonds. The van der Waals surface area contributed by atoms with E-state index in [-0.39, 0.29) is 0 Å². The number of hydrogen-bond donors (Lipinski definition) is 3. The number of alkyl halides is 1. The molecule has 1 aromatic carbocycles. The van der Waals surface area contributed by atoms with Crippen LogP contribution in [-0.2, 0) is 5.88 Å². The van der Waals surface area contributed by atoms with Crippen molar-refractivity contribution in [1.29, 1.82) is 0 Å². The summed E-state index contributed by atoms with van der Waals surface area (Å²) in [6, 6.07) is 5.51. The fourth-order valence-corrected chi connectivity index (χ4v) is 1.09. The molecule has 0 bridgehead atoms. The molecule has 4 heteroatoms. The van der Waals surface area contributed by atoms with Crippen LogP contribution in [0, 0.1) is 0 Å². The third-order valence-electron chi connectivity index (χ3n) is 1.50. The van der Waals surface area contributed by atoms with E-state index in [0.29, 0.717) is 17.3 Å². The number of anilines is 2. The van der Waals surface area contributed by atoms with Crippen LogP contribution in [0.4, 0.5) is 11.4 Å². The van der Waals surface area contributed by atoms with Crippen molar-refractivity contribution in [2.24, 2.45) is 5.84 Å². The van der Waals surface area contributed by atoms with Crippen molar-refractivity contribution in [3.05, 3.63) is 23.8 Å². The van der Waals surface area contributed by atoms with Crippen LogP contribution < -0.4 is 17.0 Å². The summed E-state index contributed by atoms with van der Waals surface area (Å²) < 4.78 is 0. The second kappa shape index (κ2) is 3.46. The topological polar surface area (TPSA) is 64.1 Å². The van der Waals surface area contributed by atoms with Gasteiger partial charge in [-0.25, -0.2) is 0 Å². The first-order chi connectivity index (χ1) is 5.29. The van der Waals surface area contributed by atoms with Gasteiger partial charge in [0.05, 0.1) is 11.4 Å². The smallest absolute Gasteiger partial charge is 0.0719 e. The monoisotopic (exact) mass is 171 g/mol. The summed E-state index contributed by atoms with van der Waals surface area (Å²) in [7, 11) is 0. The Labute approximate surface area is 70.3 Å². The lowest BCUT2D eigenvalue weighted by molar-refractivity contribution is 1.32. The summed E-state index contributed by atoms with van der Waals surface area (Å²) in [5.41, 5.74) is 10.4. The van der Waals surface area contributed by atoms with Crippen molar-refractivity contribution in [1.82, 2.24) is 0 Å². The maximum Gasteiger partial charge on any atom is 0.0719 e. The number of rotatable bonds is 2. The molecule has 0 atom stereocenters. The molecule has 0 radical (unpaired) electrons. The first-order valence-corrected chi connectivity index (χ1v) is 3.73. The van der Waals surface area contributed by atoms with E-state index in [2.05, 4.69) is 5.43 Å². The second-order valence-corrected chi connectivity index (χ2v) is 2.42. The zero-order chi connectivity index (χ0) is 8.27. The molecule has 3 nitrogen and oxygen atoms in total. The van der Waals surface area contributed by atoms with Gasteiger partial charge in [0.2, 0.25) is 0 Å². The molecule has 0 spiro atoms. The van der Waals surface area contributed by atoms with Crippen molar-refractivity contribution in [3.8, 4) is 0 Å². The van der Waals surface area contributed by atoms with Gasteiger partial charge in [-0.05, 0) is 11.6 Å². The summed E-state index contributed by atoms with van der Waals surface area (Å²) in [5, 5.41) is 0. The Morgan fingerprint density at radius 3 is 2.73 bits per heavy atom. The van der Waals surface area contributed by atoms with Crippen LogP contribution in [0.3, 0.4) is 0 Å². The highest BCUT2D eigenvalue weighted by atomic mass is 35.5. The van der Waals surface area contributed by atoms with Gasteiger partial charge in [0.1, 0.15) is 0 Å². The minimum absolute atomic E-state index is 0.404. The number of nitrogens with two attached hydrogens (primary N) is 2. The van der Waals surface area contributed by atoms with Crippen molar-refractivity contribution in [3.63, 3.8) is 0 Å². The van der Waals surface area contributed by atoms with Crippen LogP contribution in [-0.4, -0.2) is 0 Å². The van der Waals surface area contributed by atoms with E-state index in [0.717, 1.165) is 5.56 Å². The predicted molar refractivity (Wildman–Crippen MR) is 48.2 cm³/mol.